The predicted octanol–water partition coefficient (Wildman–Crippen LogP) is 2.34. The number of carbonyl (C=O) groups is 1. The second-order valence-electron chi connectivity index (χ2n) is 4.60. The van der Waals surface area contributed by atoms with Gasteiger partial charge in [-0.25, -0.2) is 9.48 Å². The fraction of sp³-hybridized carbons (Fsp3) is 0.0667. The minimum Gasteiger partial charge on any atom is -0.478 e. The summed E-state index contributed by atoms with van der Waals surface area (Å²) in [6.45, 7) is 1.90. The highest BCUT2D eigenvalue weighted by Gasteiger charge is 2.10. The van der Waals surface area contributed by atoms with Gasteiger partial charge in [-0.05, 0) is 36.8 Å². The Hall–Kier alpha value is -3.02. The molecule has 0 bridgehead atoms. The Morgan fingerprint density at radius 3 is 2.86 bits per heavy atom. The smallest absolute Gasteiger partial charge is 0.335 e. The van der Waals surface area contributed by atoms with Crippen LogP contribution in [0.15, 0.2) is 48.9 Å². The second kappa shape index (κ2) is 5.16. The minimum absolute atomic E-state index is 0.217. The first-order valence-electron chi connectivity index (χ1n) is 6.32. The first-order valence-corrected chi connectivity index (χ1v) is 6.32. The lowest BCUT2D eigenvalue weighted by molar-refractivity contribution is 0.0697. The van der Waals surface area contributed by atoms with E-state index in [0.717, 1.165) is 11.1 Å². The van der Waals surface area contributed by atoms with Crippen LogP contribution in [0.3, 0.4) is 0 Å². The summed E-state index contributed by atoms with van der Waals surface area (Å²) in [6, 6.07) is 8.62. The zero-order valence-electron chi connectivity index (χ0n) is 11.3. The Labute approximate surface area is 120 Å². The number of aromatic carboxylic acids is 1. The standard InChI is InChI=1S/C15H12N4O2/c1-10-4-5-11(15(20)21)7-14(10)19-9-13(17-18-19)12-3-2-6-16-8-12/h2-9H,1H3,(H,20,21). The summed E-state index contributed by atoms with van der Waals surface area (Å²) in [5, 5.41) is 17.3. The number of nitrogens with zero attached hydrogens (tertiary/aromatic N) is 4. The van der Waals surface area contributed by atoms with E-state index in [-0.39, 0.29) is 5.56 Å². The molecule has 0 fully saturated rings. The molecule has 0 saturated heterocycles. The van der Waals surface area contributed by atoms with E-state index in [1.54, 1.807) is 41.5 Å². The van der Waals surface area contributed by atoms with Gasteiger partial charge < -0.3 is 5.11 Å². The third kappa shape index (κ3) is 2.51. The average Bonchev–Trinajstić information content (AvgIpc) is 2.98. The van der Waals surface area contributed by atoms with E-state index in [4.69, 9.17) is 5.11 Å². The molecule has 3 rings (SSSR count). The maximum atomic E-state index is 11.1. The van der Waals surface area contributed by atoms with Crippen LogP contribution in [-0.4, -0.2) is 31.1 Å². The van der Waals surface area contributed by atoms with Crippen molar-refractivity contribution in [3.8, 4) is 16.9 Å². The molecule has 6 nitrogen and oxygen atoms in total. The topological polar surface area (TPSA) is 80.9 Å². The molecule has 2 aromatic heterocycles. The van der Waals surface area contributed by atoms with Gasteiger partial charge in [0.2, 0.25) is 0 Å². The van der Waals surface area contributed by atoms with E-state index in [2.05, 4.69) is 15.3 Å². The van der Waals surface area contributed by atoms with E-state index in [1.165, 1.54) is 0 Å². The Balaban J connectivity index is 2.04. The molecule has 2 heterocycles. The highest BCUT2D eigenvalue weighted by atomic mass is 16.4. The van der Waals surface area contributed by atoms with E-state index < -0.39 is 5.97 Å². The number of aromatic nitrogens is 4. The number of pyridine rings is 1. The fourth-order valence-corrected chi connectivity index (χ4v) is 2.02. The third-order valence-corrected chi connectivity index (χ3v) is 3.15. The minimum atomic E-state index is -0.969. The van der Waals surface area contributed by atoms with E-state index in [1.807, 2.05) is 19.1 Å². The molecule has 0 aliphatic rings. The Morgan fingerprint density at radius 1 is 1.29 bits per heavy atom. The lowest BCUT2D eigenvalue weighted by atomic mass is 10.1. The van der Waals surface area contributed by atoms with Gasteiger partial charge in [-0.1, -0.05) is 11.3 Å². The summed E-state index contributed by atoms with van der Waals surface area (Å²) < 4.78 is 1.57. The normalized spacial score (nSPS) is 10.5. The Kier molecular flexibility index (Phi) is 3.19. The Morgan fingerprint density at radius 2 is 2.14 bits per heavy atom. The van der Waals surface area contributed by atoms with E-state index in [0.29, 0.717) is 11.4 Å². The SMILES string of the molecule is Cc1ccc(C(=O)O)cc1-n1cc(-c2cccnc2)nn1. The number of aryl methyl sites for hydroxylation is 1. The molecule has 0 aliphatic heterocycles. The third-order valence-electron chi connectivity index (χ3n) is 3.15. The highest BCUT2D eigenvalue weighted by molar-refractivity contribution is 5.88. The first kappa shape index (κ1) is 13.0. The first-order chi connectivity index (χ1) is 10.1. The zero-order valence-corrected chi connectivity index (χ0v) is 11.3. The monoisotopic (exact) mass is 280 g/mol. The molecule has 0 aliphatic carbocycles. The summed E-state index contributed by atoms with van der Waals surface area (Å²) in [7, 11) is 0. The van der Waals surface area contributed by atoms with Crippen molar-refractivity contribution in [2.75, 3.05) is 0 Å². The van der Waals surface area contributed by atoms with Crippen LogP contribution in [0.1, 0.15) is 15.9 Å². The lowest BCUT2D eigenvalue weighted by Crippen LogP contribution is -2.02. The van der Waals surface area contributed by atoms with Gasteiger partial charge in [0.1, 0.15) is 5.69 Å². The number of carboxylic acid groups (broad SMARTS) is 1. The van der Waals surface area contributed by atoms with Crippen molar-refractivity contribution >= 4 is 5.97 Å². The van der Waals surface area contributed by atoms with Gasteiger partial charge in [0.25, 0.3) is 0 Å². The Bertz CT molecular complexity index is 796. The molecule has 0 atom stereocenters. The predicted molar refractivity (Wildman–Crippen MR) is 76.3 cm³/mol. The van der Waals surface area contributed by atoms with Crippen molar-refractivity contribution < 1.29 is 9.90 Å². The zero-order chi connectivity index (χ0) is 14.8. The van der Waals surface area contributed by atoms with E-state index in [9.17, 15) is 4.79 Å². The largest absolute Gasteiger partial charge is 0.478 e. The number of carboxylic acids is 1. The summed E-state index contributed by atoms with van der Waals surface area (Å²) >= 11 is 0. The van der Waals surface area contributed by atoms with Crippen LogP contribution in [0.4, 0.5) is 0 Å². The number of rotatable bonds is 3. The summed E-state index contributed by atoms with van der Waals surface area (Å²) in [4.78, 5) is 15.1. The van der Waals surface area contributed by atoms with Gasteiger partial charge in [0, 0.05) is 18.0 Å². The van der Waals surface area contributed by atoms with Crippen LogP contribution in [-0.2, 0) is 0 Å². The van der Waals surface area contributed by atoms with Crippen LogP contribution in [0.5, 0.6) is 0 Å². The molecule has 0 amide bonds. The van der Waals surface area contributed by atoms with Crippen molar-refractivity contribution in [2.45, 2.75) is 6.92 Å². The molecule has 104 valence electrons. The van der Waals surface area contributed by atoms with Crippen molar-refractivity contribution in [3.05, 3.63) is 60.0 Å². The fourth-order valence-electron chi connectivity index (χ4n) is 2.02. The molecule has 0 radical (unpaired) electrons. The lowest BCUT2D eigenvalue weighted by Gasteiger charge is -2.05. The van der Waals surface area contributed by atoms with Crippen LogP contribution in [0, 0.1) is 6.92 Å². The second-order valence-corrected chi connectivity index (χ2v) is 4.60. The van der Waals surface area contributed by atoms with Gasteiger partial charge in [-0.15, -0.1) is 5.10 Å². The van der Waals surface area contributed by atoms with Gasteiger partial charge in [-0.3, -0.25) is 4.98 Å². The van der Waals surface area contributed by atoms with Gasteiger partial charge in [0.15, 0.2) is 0 Å². The van der Waals surface area contributed by atoms with Crippen molar-refractivity contribution in [3.63, 3.8) is 0 Å². The number of hydrogen-bond acceptors (Lipinski definition) is 4. The summed E-state index contributed by atoms with van der Waals surface area (Å²) in [6.07, 6.45) is 5.15. The van der Waals surface area contributed by atoms with Gasteiger partial charge in [-0.2, -0.15) is 0 Å². The molecular formula is C15H12N4O2. The molecule has 0 spiro atoms. The number of hydrogen-bond donors (Lipinski definition) is 1. The summed E-state index contributed by atoms with van der Waals surface area (Å²) in [5.41, 5.74) is 3.37. The maximum Gasteiger partial charge on any atom is 0.335 e. The van der Waals surface area contributed by atoms with E-state index >= 15 is 0 Å². The van der Waals surface area contributed by atoms with Crippen molar-refractivity contribution in [2.24, 2.45) is 0 Å². The van der Waals surface area contributed by atoms with Crippen LogP contribution in [0.2, 0.25) is 0 Å². The van der Waals surface area contributed by atoms with Gasteiger partial charge >= 0.3 is 5.97 Å². The van der Waals surface area contributed by atoms with Crippen LogP contribution < -0.4 is 0 Å². The van der Waals surface area contributed by atoms with Crippen molar-refractivity contribution in [1.82, 2.24) is 20.0 Å². The molecule has 0 saturated carbocycles. The van der Waals surface area contributed by atoms with Gasteiger partial charge in [0.05, 0.1) is 17.4 Å². The molecule has 21 heavy (non-hydrogen) atoms. The van der Waals surface area contributed by atoms with Crippen LogP contribution >= 0.6 is 0 Å². The molecular weight excluding hydrogens is 268 g/mol. The number of benzene rings is 1. The molecule has 1 N–H and O–H groups in total. The molecule has 1 aromatic carbocycles. The molecule has 0 unspecified atom stereocenters. The quantitative estimate of drug-likeness (QED) is 0.796. The maximum absolute atomic E-state index is 11.1. The average molecular weight is 280 g/mol. The van der Waals surface area contributed by atoms with Crippen molar-refractivity contribution in [1.29, 1.82) is 0 Å². The van der Waals surface area contributed by atoms with Crippen LogP contribution in [0.25, 0.3) is 16.9 Å². The molecule has 6 heteroatoms. The molecule has 3 aromatic rings. The highest BCUT2D eigenvalue weighted by Crippen LogP contribution is 2.19. The summed E-state index contributed by atoms with van der Waals surface area (Å²) in [5.74, 6) is -0.969.